The van der Waals surface area contributed by atoms with Gasteiger partial charge in [-0.25, -0.2) is 4.39 Å². The first kappa shape index (κ1) is 15.4. The van der Waals surface area contributed by atoms with Gasteiger partial charge >= 0.3 is 0 Å². The van der Waals surface area contributed by atoms with Crippen molar-refractivity contribution in [2.24, 2.45) is 11.7 Å². The van der Waals surface area contributed by atoms with Crippen LogP contribution in [0.2, 0.25) is 0 Å². The zero-order valence-electron chi connectivity index (χ0n) is 12.1. The molecule has 1 aromatic rings. The van der Waals surface area contributed by atoms with Crippen molar-refractivity contribution in [1.29, 1.82) is 0 Å². The molecule has 0 atom stereocenters. The van der Waals surface area contributed by atoms with Crippen molar-refractivity contribution in [3.05, 3.63) is 29.6 Å². The topological polar surface area (TPSA) is 75.4 Å². The van der Waals surface area contributed by atoms with Crippen LogP contribution >= 0.6 is 0 Å². The van der Waals surface area contributed by atoms with E-state index in [2.05, 4.69) is 5.32 Å². The van der Waals surface area contributed by atoms with E-state index < -0.39 is 0 Å². The summed E-state index contributed by atoms with van der Waals surface area (Å²) in [5, 5.41) is 2.75. The van der Waals surface area contributed by atoms with Gasteiger partial charge in [-0.3, -0.25) is 14.5 Å². The summed E-state index contributed by atoms with van der Waals surface area (Å²) in [6.07, 6.45) is 1.35. The fraction of sp³-hybridized carbons (Fsp3) is 0.467. The van der Waals surface area contributed by atoms with Crippen LogP contribution in [-0.2, 0) is 9.59 Å². The third kappa shape index (κ3) is 4.26. The fourth-order valence-electron chi connectivity index (χ4n) is 2.49. The Hall–Kier alpha value is -1.95. The molecule has 0 unspecified atom stereocenters. The lowest BCUT2D eigenvalue weighted by Gasteiger charge is -2.30. The number of primary amides is 1. The van der Waals surface area contributed by atoms with E-state index in [0.717, 1.165) is 0 Å². The lowest BCUT2D eigenvalue weighted by molar-refractivity contribution is -0.122. The molecule has 1 aromatic carbocycles. The van der Waals surface area contributed by atoms with Gasteiger partial charge in [-0.05, 0) is 50.6 Å². The fourth-order valence-corrected chi connectivity index (χ4v) is 2.49. The Bertz CT molecular complexity index is 540. The summed E-state index contributed by atoms with van der Waals surface area (Å²) in [4.78, 5) is 24.9. The van der Waals surface area contributed by atoms with Crippen LogP contribution in [0, 0.1) is 18.7 Å². The van der Waals surface area contributed by atoms with Gasteiger partial charge in [0.25, 0.3) is 0 Å². The molecule has 0 spiro atoms. The summed E-state index contributed by atoms with van der Waals surface area (Å²) in [7, 11) is 0. The van der Waals surface area contributed by atoms with E-state index in [4.69, 9.17) is 5.73 Å². The highest BCUT2D eigenvalue weighted by Gasteiger charge is 2.25. The van der Waals surface area contributed by atoms with E-state index in [1.807, 2.05) is 4.90 Å². The smallest absolute Gasteiger partial charge is 0.231 e. The number of amides is 2. The second-order valence-electron chi connectivity index (χ2n) is 5.47. The minimum atomic E-state index is -0.354. The SMILES string of the molecule is Cc1ccc(NC(=O)C2CCN(CC(N)=O)CC2)cc1F. The van der Waals surface area contributed by atoms with Crippen molar-refractivity contribution in [3.63, 3.8) is 0 Å². The molecule has 3 N–H and O–H groups in total. The van der Waals surface area contributed by atoms with Gasteiger partial charge in [0.05, 0.1) is 6.54 Å². The summed E-state index contributed by atoms with van der Waals surface area (Å²) in [6.45, 7) is 3.25. The molecule has 2 rings (SSSR count). The first-order valence-electron chi connectivity index (χ1n) is 7.03. The number of nitrogens with one attached hydrogen (secondary N) is 1. The van der Waals surface area contributed by atoms with Crippen molar-refractivity contribution in [3.8, 4) is 0 Å². The molecule has 2 amide bonds. The molecular weight excluding hydrogens is 273 g/mol. The number of aryl methyl sites for hydroxylation is 1. The number of nitrogens with zero attached hydrogens (tertiary/aromatic N) is 1. The van der Waals surface area contributed by atoms with Crippen molar-refractivity contribution in [1.82, 2.24) is 4.90 Å². The number of benzene rings is 1. The summed E-state index contributed by atoms with van der Waals surface area (Å²) < 4.78 is 13.4. The molecule has 5 nitrogen and oxygen atoms in total. The molecule has 21 heavy (non-hydrogen) atoms. The Labute approximate surface area is 123 Å². The highest BCUT2D eigenvalue weighted by Crippen LogP contribution is 2.20. The van der Waals surface area contributed by atoms with Crippen molar-refractivity contribution < 1.29 is 14.0 Å². The maximum absolute atomic E-state index is 13.4. The zero-order valence-corrected chi connectivity index (χ0v) is 12.1. The molecule has 0 radical (unpaired) electrons. The van der Waals surface area contributed by atoms with Crippen molar-refractivity contribution >= 4 is 17.5 Å². The molecule has 0 aromatic heterocycles. The van der Waals surface area contributed by atoms with Crippen molar-refractivity contribution in [2.45, 2.75) is 19.8 Å². The number of piperidine rings is 1. The summed E-state index contributed by atoms with van der Waals surface area (Å²) in [5.41, 5.74) is 6.17. The number of anilines is 1. The third-order valence-corrected chi connectivity index (χ3v) is 3.78. The van der Waals surface area contributed by atoms with Gasteiger partial charge in [-0.1, -0.05) is 6.07 Å². The number of nitrogens with two attached hydrogens (primary N) is 1. The molecule has 1 saturated heterocycles. The Kier molecular flexibility index (Phi) is 4.90. The average molecular weight is 293 g/mol. The minimum Gasteiger partial charge on any atom is -0.369 e. The van der Waals surface area contributed by atoms with E-state index in [0.29, 0.717) is 37.2 Å². The largest absolute Gasteiger partial charge is 0.369 e. The van der Waals surface area contributed by atoms with Crippen LogP contribution < -0.4 is 11.1 Å². The molecule has 114 valence electrons. The summed E-state index contributed by atoms with van der Waals surface area (Å²) in [6, 6.07) is 4.66. The molecule has 0 aliphatic carbocycles. The van der Waals surface area contributed by atoms with E-state index >= 15 is 0 Å². The summed E-state index contributed by atoms with van der Waals surface area (Å²) >= 11 is 0. The van der Waals surface area contributed by atoms with Crippen LogP contribution in [0.1, 0.15) is 18.4 Å². The highest BCUT2D eigenvalue weighted by molar-refractivity contribution is 5.92. The van der Waals surface area contributed by atoms with Gasteiger partial charge in [0.2, 0.25) is 11.8 Å². The molecule has 6 heteroatoms. The quantitative estimate of drug-likeness (QED) is 0.878. The van der Waals surface area contributed by atoms with Gasteiger partial charge < -0.3 is 11.1 Å². The van der Waals surface area contributed by atoms with E-state index in [1.165, 1.54) is 6.07 Å². The first-order valence-corrected chi connectivity index (χ1v) is 7.03. The van der Waals surface area contributed by atoms with Crippen LogP contribution in [0.3, 0.4) is 0 Å². The first-order chi connectivity index (χ1) is 9.95. The zero-order chi connectivity index (χ0) is 15.4. The van der Waals surface area contributed by atoms with Crippen LogP contribution in [0.5, 0.6) is 0 Å². The van der Waals surface area contributed by atoms with Gasteiger partial charge in [0.1, 0.15) is 5.82 Å². The molecule has 0 saturated carbocycles. The van der Waals surface area contributed by atoms with E-state index in [1.54, 1.807) is 19.1 Å². The molecule has 1 heterocycles. The number of carbonyl (C=O) groups is 2. The third-order valence-electron chi connectivity index (χ3n) is 3.78. The molecule has 0 bridgehead atoms. The number of likely N-dealkylation sites (tertiary alicyclic amines) is 1. The van der Waals surface area contributed by atoms with E-state index in [9.17, 15) is 14.0 Å². The Morgan fingerprint density at radius 1 is 1.38 bits per heavy atom. The molecular formula is C15H20FN3O2. The molecule has 1 aliphatic heterocycles. The normalized spacial score (nSPS) is 16.7. The van der Waals surface area contributed by atoms with Crippen LogP contribution in [0.25, 0.3) is 0 Å². The second kappa shape index (κ2) is 6.67. The lowest BCUT2D eigenvalue weighted by atomic mass is 9.95. The maximum atomic E-state index is 13.4. The summed E-state index contributed by atoms with van der Waals surface area (Å²) in [5.74, 6) is -0.896. The lowest BCUT2D eigenvalue weighted by Crippen LogP contribution is -2.42. The van der Waals surface area contributed by atoms with Crippen LogP contribution in [0.4, 0.5) is 10.1 Å². The molecule has 1 aliphatic rings. The Morgan fingerprint density at radius 3 is 2.62 bits per heavy atom. The predicted molar refractivity (Wildman–Crippen MR) is 78.1 cm³/mol. The number of carbonyl (C=O) groups excluding carboxylic acids is 2. The van der Waals surface area contributed by atoms with Gasteiger partial charge in [0.15, 0.2) is 0 Å². The predicted octanol–water partition coefficient (Wildman–Crippen LogP) is 1.27. The van der Waals surface area contributed by atoms with Gasteiger partial charge in [-0.2, -0.15) is 0 Å². The number of rotatable bonds is 4. The van der Waals surface area contributed by atoms with Crippen LogP contribution in [-0.4, -0.2) is 36.3 Å². The molecule has 1 fully saturated rings. The standard InChI is InChI=1S/C15H20FN3O2/c1-10-2-3-12(8-13(10)16)18-15(21)11-4-6-19(7-5-11)9-14(17)20/h2-3,8,11H,4-7,9H2,1H3,(H2,17,20)(H,18,21). The van der Waals surface area contributed by atoms with Crippen LogP contribution in [0.15, 0.2) is 18.2 Å². The van der Waals surface area contributed by atoms with Gasteiger partial charge in [-0.15, -0.1) is 0 Å². The second-order valence-corrected chi connectivity index (χ2v) is 5.47. The van der Waals surface area contributed by atoms with Crippen molar-refractivity contribution in [2.75, 3.05) is 25.0 Å². The Morgan fingerprint density at radius 2 is 2.05 bits per heavy atom. The van der Waals surface area contributed by atoms with Gasteiger partial charge in [0, 0.05) is 11.6 Å². The minimum absolute atomic E-state index is 0.100. The monoisotopic (exact) mass is 293 g/mol. The van der Waals surface area contributed by atoms with E-state index in [-0.39, 0.29) is 30.1 Å². The maximum Gasteiger partial charge on any atom is 0.231 e. The average Bonchev–Trinajstić information content (AvgIpc) is 2.43. The Balaban J connectivity index is 1.87. The number of hydrogen-bond donors (Lipinski definition) is 2. The highest BCUT2D eigenvalue weighted by atomic mass is 19.1. The number of hydrogen-bond acceptors (Lipinski definition) is 3. The number of halogens is 1.